The van der Waals surface area contributed by atoms with Gasteiger partial charge in [0, 0.05) is 6.42 Å². The Bertz CT molecular complexity index is 964. The lowest BCUT2D eigenvalue weighted by Gasteiger charge is -2.18. The van der Waals surface area contributed by atoms with Crippen LogP contribution in [0, 0.1) is 5.92 Å². The largest absolute Gasteiger partial charge is 0.514 e. The van der Waals surface area contributed by atoms with Crippen LogP contribution in [0.25, 0.3) is 0 Å². The van der Waals surface area contributed by atoms with Crippen molar-refractivity contribution < 1.29 is 47.6 Å². The molecule has 11 nitrogen and oxygen atoms in total. The van der Waals surface area contributed by atoms with Crippen LogP contribution in [0.5, 0.6) is 11.5 Å². The summed E-state index contributed by atoms with van der Waals surface area (Å²) in [4.78, 5) is 48.9. The summed E-state index contributed by atoms with van der Waals surface area (Å²) in [5.74, 6) is -1.08. The predicted molar refractivity (Wildman–Crippen MR) is 147 cm³/mol. The fourth-order valence-electron chi connectivity index (χ4n) is 3.59. The maximum absolute atomic E-state index is 12.5. The lowest BCUT2D eigenvalue weighted by atomic mass is 10.1. The number of ether oxygens (including phenoxy) is 6. The van der Waals surface area contributed by atoms with Crippen molar-refractivity contribution in [2.45, 2.75) is 111 Å². The molecule has 0 aromatic heterocycles. The Morgan fingerprint density at radius 2 is 1.32 bits per heavy atom. The molecule has 0 aliphatic rings. The van der Waals surface area contributed by atoms with Gasteiger partial charge in [-0.1, -0.05) is 46.6 Å². The lowest BCUT2D eigenvalue weighted by Crippen LogP contribution is -2.37. The van der Waals surface area contributed by atoms with Crippen LogP contribution >= 0.6 is 0 Å². The van der Waals surface area contributed by atoms with E-state index < -0.39 is 30.4 Å². The monoisotopic (exact) mass is 567 g/mol. The maximum Gasteiger partial charge on any atom is 0.514 e. The molecule has 0 spiro atoms. The Morgan fingerprint density at radius 1 is 0.775 bits per heavy atom. The molecule has 4 atom stereocenters. The van der Waals surface area contributed by atoms with Crippen LogP contribution in [0.4, 0.5) is 9.59 Å². The summed E-state index contributed by atoms with van der Waals surface area (Å²) in [6.45, 7) is 12.7. The SMILES string of the molecule is CCCC(C)OC(=O)Oc1ccc(C[C@H](N)C(=O)O[C@@H](C)COC(=O)CC(C)C)cc1OC(=O)OC(C)CCC. The number of nitrogens with two attached hydrogens (primary N) is 1. The van der Waals surface area contributed by atoms with Gasteiger partial charge in [-0.05, 0) is 63.6 Å². The van der Waals surface area contributed by atoms with Gasteiger partial charge in [0.2, 0.25) is 0 Å². The van der Waals surface area contributed by atoms with E-state index >= 15 is 0 Å². The molecule has 1 rings (SSSR count). The van der Waals surface area contributed by atoms with E-state index in [0.29, 0.717) is 18.4 Å². The average Bonchev–Trinajstić information content (AvgIpc) is 2.84. The summed E-state index contributed by atoms with van der Waals surface area (Å²) >= 11 is 0. The first-order chi connectivity index (χ1) is 18.8. The van der Waals surface area contributed by atoms with Crippen LogP contribution < -0.4 is 15.2 Å². The van der Waals surface area contributed by atoms with E-state index in [2.05, 4.69) is 0 Å². The van der Waals surface area contributed by atoms with Gasteiger partial charge in [-0.15, -0.1) is 0 Å². The molecular formula is C29H45NO10. The number of benzene rings is 1. The second kappa shape index (κ2) is 18.1. The van der Waals surface area contributed by atoms with Crippen LogP contribution in [0.1, 0.15) is 86.1 Å². The van der Waals surface area contributed by atoms with Gasteiger partial charge in [0.25, 0.3) is 0 Å². The Hall–Kier alpha value is -3.34. The minimum absolute atomic E-state index is 0.0224. The van der Waals surface area contributed by atoms with E-state index in [9.17, 15) is 19.2 Å². The zero-order chi connectivity index (χ0) is 30.2. The Balaban J connectivity index is 2.92. The molecule has 0 saturated heterocycles. The molecule has 1 aromatic rings. The molecule has 1 aromatic carbocycles. The van der Waals surface area contributed by atoms with Crippen LogP contribution in [0.3, 0.4) is 0 Å². The standard InChI is InChI=1S/C29H45NO10/c1-8-10-19(5)37-28(33)39-24-13-12-22(16-25(24)40-29(34)38-20(6)11-9-2)15-23(30)27(32)36-21(7)17-35-26(31)14-18(3)4/h12-13,16,18-21,23H,8-11,14-15,17,30H2,1-7H3/t19?,20?,21-,23-/m0/s1. The predicted octanol–water partition coefficient (Wildman–Crippen LogP) is 5.49. The highest BCUT2D eigenvalue weighted by molar-refractivity contribution is 5.76. The lowest BCUT2D eigenvalue weighted by molar-refractivity contribution is -0.159. The van der Waals surface area contributed by atoms with Crippen molar-refractivity contribution in [3.05, 3.63) is 23.8 Å². The molecule has 0 bridgehead atoms. The zero-order valence-electron chi connectivity index (χ0n) is 24.7. The van der Waals surface area contributed by atoms with Gasteiger partial charge in [0.05, 0.1) is 0 Å². The van der Waals surface area contributed by atoms with Crippen LogP contribution in [-0.4, -0.2) is 55.2 Å². The topological polar surface area (TPSA) is 150 Å². The number of hydrogen-bond donors (Lipinski definition) is 1. The molecule has 0 aliphatic carbocycles. The summed E-state index contributed by atoms with van der Waals surface area (Å²) in [5.41, 5.74) is 6.56. The number of carbonyl (C=O) groups excluding carboxylic acids is 4. The van der Waals surface area contributed by atoms with E-state index in [4.69, 9.17) is 34.2 Å². The van der Waals surface area contributed by atoms with Gasteiger partial charge in [0.15, 0.2) is 11.5 Å². The molecular weight excluding hydrogens is 522 g/mol. The quantitative estimate of drug-likeness (QED) is 0.153. The number of hydrogen-bond acceptors (Lipinski definition) is 11. The maximum atomic E-state index is 12.5. The smallest absolute Gasteiger partial charge is 0.462 e. The number of rotatable bonds is 16. The summed E-state index contributed by atoms with van der Waals surface area (Å²) < 4.78 is 31.5. The Morgan fingerprint density at radius 3 is 1.85 bits per heavy atom. The van der Waals surface area contributed by atoms with Crippen molar-refractivity contribution in [1.29, 1.82) is 0 Å². The molecule has 11 heteroatoms. The van der Waals surface area contributed by atoms with Crippen molar-refractivity contribution in [1.82, 2.24) is 0 Å². The van der Waals surface area contributed by atoms with Crippen molar-refractivity contribution in [2.24, 2.45) is 11.7 Å². The summed E-state index contributed by atoms with van der Waals surface area (Å²) in [7, 11) is 0. The molecule has 0 aliphatic heterocycles. The van der Waals surface area contributed by atoms with Crippen LogP contribution in [-0.2, 0) is 35.0 Å². The van der Waals surface area contributed by atoms with E-state index in [1.54, 1.807) is 26.8 Å². The normalized spacial score (nSPS) is 13.9. The highest BCUT2D eigenvalue weighted by Gasteiger charge is 2.23. The van der Waals surface area contributed by atoms with E-state index in [1.165, 1.54) is 12.1 Å². The molecule has 40 heavy (non-hydrogen) atoms. The minimum Gasteiger partial charge on any atom is -0.462 e. The summed E-state index contributed by atoms with van der Waals surface area (Å²) in [5, 5.41) is 0. The third kappa shape index (κ3) is 14.2. The average molecular weight is 568 g/mol. The fraction of sp³-hybridized carbons (Fsp3) is 0.655. The summed E-state index contributed by atoms with van der Waals surface area (Å²) in [6, 6.07) is 3.34. The van der Waals surface area contributed by atoms with Gasteiger partial charge in [-0.25, -0.2) is 9.59 Å². The molecule has 226 valence electrons. The highest BCUT2D eigenvalue weighted by atomic mass is 16.7. The van der Waals surface area contributed by atoms with E-state index in [1.807, 2.05) is 27.7 Å². The molecule has 0 saturated carbocycles. The van der Waals surface area contributed by atoms with Crippen LogP contribution in [0.15, 0.2) is 18.2 Å². The Kier molecular flexibility index (Phi) is 15.7. The molecule has 0 heterocycles. The van der Waals surface area contributed by atoms with Crippen molar-refractivity contribution in [2.75, 3.05) is 6.61 Å². The van der Waals surface area contributed by atoms with Crippen molar-refractivity contribution in [3.8, 4) is 11.5 Å². The van der Waals surface area contributed by atoms with Crippen LogP contribution in [0.2, 0.25) is 0 Å². The first-order valence-corrected chi connectivity index (χ1v) is 13.9. The third-order valence-electron chi connectivity index (χ3n) is 5.51. The second-order valence-electron chi connectivity index (χ2n) is 10.3. The summed E-state index contributed by atoms with van der Waals surface area (Å²) in [6.07, 6.45) is -0.110. The fourth-order valence-corrected chi connectivity index (χ4v) is 3.59. The molecule has 0 amide bonds. The van der Waals surface area contributed by atoms with E-state index in [0.717, 1.165) is 12.8 Å². The third-order valence-corrected chi connectivity index (χ3v) is 5.51. The van der Waals surface area contributed by atoms with Gasteiger partial charge in [-0.2, -0.15) is 0 Å². The Labute approximate surface area is 236 Å². The zero-order valence-corrected chi connectivity index (χ0v) is 24.7. The van der Waals surface area contributed by atoms with Gasteiger partial charge in [0.1, 0.15) is 31.0 Å². The minimum atomic E-state index is -1.06. The first-order valence-electron chi connectivity index (χ1n) is 13.9. The number of esters is 2. The second-order valence-corrected chi connectivity index (χ2v) is 10.3. The van der Waals surface area contributed by atoms with Gasteiger partial charge in [-0.3, -0.25) is 9.59 Å². The number of carbonyl (C=O) groups is 4. The highest BCUT2D eigenvalue weighted by Crippen LogP contribution is 2.30. The molecule has 0 radical (unpaired) electrons. The first kappa shape index (κ1) is 34.7. The van der Waals surface area contributed by atoms with Gasteiger partial charge < -0.3 is 34.2 Å². The van der Waals surface area contributed by atoms with Crippen molar-refractivity contribution >= 4 is 24.2 Å². The van der Waals surface area contributed by atoms with Gasteiger partial charge >= 0.3 is 24.2 Å². The van der Waals surface area contributed by atoms with Crippen molar-refractivity contribution in [3.63, 3.8) is 0 Å². The molecule has 0 fully saturated rings. The van der Waals surface area contributed by atoms with E-state index in [-0.39, 0.29) is 55.0 Å². The molecule has 2 N–H and O–H groups in total. The molecule has 2 unspecified atom stereocenters.